The first-order valence-corrected chi connectivity index (χ1v) is 9.30. The molecule has 0 atom stereocenters. The van der Waals surface area contributed by atoms with Gasteiger partial charge in [-0.3, -0.25) is 0 Å². The molecule has 0 amide bonds. The van der Waals surface area contributed by atoms with Gasteiger partial charge in [-0.15, -0.1) is 0 Å². The quantitative estimate of drug-likeness (QED) is 0.795. The minimum absolute atomic E-state index is 0.0309. The summed E-state index contributed by atoms with van der Waals surface area (Å²) in [7, 11) is -3.07. The second-order valence-corrected chi connectivity index (χ2v) is 8.82. The second kappa shape index (κ2) is 6.29. The van der Waals surface area contributed by atoms with Crippen LogP contribution in [0.1, 0.15) is 41.5 Å². The molecule has 0 saturated carbocycles. The molecule has 9 heteroatoms. The van der Waals surface area contributed by atoms with Gasteiger partial charge < -0.3 is 14.0 Å². The molecule has 1 fully saturated rings. The van der Waals surface area contributed by atoms with E-state index in [1.807, 2.05) is 27.7 Å². The first-order chi connectivity index (χ1) is 10.9. The Balaban J connectivity index is 2.44. The van der Waals surface area contributed by atoms with Gasteiger partial charge in [-0.1, -0.05) is 0 Å². The average molecular weight is 356 g/mol. The van der Waals surface area contributed by atoms with Crippen molar-refractivity contribution in [1.29, 1.82) is 0 Å². The predicted molar refractivity (Wildman–Crippen MR) is 92.0 cm³/mol. The molecular formula is C15H25BN2O5S. The summed E-state index contributed by atoms with van der Waals surface area (Å²) in [5.41, 5.74) is -0.516. The normalized spacial score (nSPS) is 19.8. The van der Waals surface area contributed by atoms with Crippen LogP contribution in [0.2, 0.25) is 0 Å². The van der Waals surface area contributed by atoms with Crippen molar-refractivity contribution in [1.82, 2.24) is 9.71 Å². The van der Waals surface area contributed by atoms with Gasteiger partial charge in [0.15, 0.2) is 0 Å². The maximum atomic E-state index is 12.5. The van der Waals surface area contributed by atoms with E-state index in [0.717, 1.165) is 0 Å². The number of ether oxygens (including phenoxy) is 1. The molecule has 2 rings (SSSR count). The molecule has 0 spiro atoms. The molecule has 0 radical (unpaired) electrons. The lowest BCUT2D eigenvalue weighted by Gasteiger charge is -2.32. The van der Waals surface area contributed by atoms with Crippen LogP contribution in [-0.4, -0.2) is 44.9 Å². The Bertz CT molecular complexity index is 703. The number of nitrogens with one attached hydrogen (secondary N) is 1. The summed E-state index contributed by atoms with van der Waals surface area (Å²) in [6.45, 7) is 11.2. The van der Waals surface area contributed by atoms with Gasteiger partial charge in [0.05, 0.1) is 18.3 Å². The van der Waals surface area contributed by atoms with Crippen molar-refractivity contribution in [2.24, 2.45) is 0 Å². The Hall–Kier alpha value is -1.16. The third kappa shape index (κ3) is 3.59. The summed E-state index contributed by atoms with van der Waals surface area (Å²) < 4.78 is 44.6. The maximum Gasteiger partial charge on any atom is 0.496 e. The number of rotatable bonds is 5. The van der Waals surface area contributed by atoms with Crippen molar-refractivity contribution in [3.05, 3.63) is 12.3 Å². The van der Waals surface area contributed by atoms with Crippen LogP contribution in [0.3, 0.4) is 0 Å². The van der Waals surface area contributed by atoms with Crippen LogP contribution in [0.25, 0.3) is 0 Å². The molecule has 1 aliphatic heterocycles. The third-order valence-electron chi connectivity index (χ3n) is 4.24. The van der Waals surface area contributed by atoms with Crippen LogP contribution in [-0.2, 0) is 19.3 Å². The molecule has 1 aromatic heterocycles. The number of sulfonamides is 1. The number of methoxy groups -OCH3 is 1. The van der Waals surface area contributed by atoms with Gasteiger partial charge in [0.2, 0.25) is 15.9 Å². The number of hydrogen-bond donors (Lipinski definition) is 1. The van der Waals surface area contributed by atoms with Crippen molar-refractivity contribution in [3.8, 4) is 5.88 Å². The van der Waals surface area contributed by atoms with E-state index in [0.29, 0.717) is 5.46 Å². The van der Waals surface area contributed by atoms with Gasteiger partial charge in [-0.05, 0) is 47.6 Å². The summed E-state index contributed by atoms with van der Waals surface area (Å²) in [6, 6.07) is 1.24. The highest BCUT2D eigenvalue weighted by Gasteiger charge is 2.52. The molecule has 0 unspecified atom stereocenters. The maximum absolute atomic E-state index is 12.5. The molecule has 1 saturated heterocycles. The van der Waals surface area contributed by atoms with E-state index in [1.54, 1.807) is 13.8 Å². The minimum atomic E-state index is -3.76. The summed E-state index contributed by atoms with van der Waals surface area (Å²) in [6.07, 6.45) is 1.51. The molecule has 0 bridgehead atoms. The Morgan fingerprint density at radius 2 is 1.75 bits per heavy atom. The highest BCUT2D eigenvalue weighted by atomic mass is 32.2. The zero-order chi connectivity index (χ0) is 18.3. The van der Waals surface area contributed by atoms with Crippen molar-refractivity contribution in [2.75, 3.05) is 7.11 Å². The second-order valence-electron chi connectivity index (χ2n) is 7.14. The van der Waals surface area contributed by atoms with Gasteiger partial charge in [0, 0.05) is 17.7 Å². The van der Waals surface area contributed by atoms with Crippen LogP contribution < -0.4 is 14.9 Å². The lowest BCUT2D eigenvalue weighted by molar-refractivity contribution is 0.00578. The standard InChI is InChI=1S/C15H25BN2O5S/c1-10(2)18-24(19,20)12-8-11(9-17-13(12)21-7)16-22-14(3,4)15(5,6)23-16/h8-10,18H,1-7H3. The molecular weight excluding hydrogens is 331 g/mol. The minimum Gasteiger partial charge on any atom is -0.480 e. The zero-order valence-corrected chi connectivity index (χ0v) is 16.0. The highest BCUT2D eigenvalue weighted by molar-refractivity contribution is 7.89. The third-order valence-corrected chi connectivity index (χ3v) is 5.89. The van der Waals surface area contributed by atoms with Gasteiger partial charge in [-0.25, -0.2) is 18.1 Å². The summed E-state index contributed by atoms with van der Waals surface area (Å²) >= 11 is 0. The van der Waals surface area contributed by atoms with Crippen LogP contribution in [0.5, 0.6) is 5.88 Å². The molecule has 0 aliphatic carbocycles. The van der Waals surface area contributed by atoms with Crippen LogP contribution >= 0.6 is 0 Å². The van der Waals surface area contributed by atoms with Crippen molar-refractivity contribution < 1.29 is 22.5 Å². The number of hydrogen-bond acceptors (Lipinski definition) is 6. The van der Waals surface area contributed by atoms with Crippen LogP contribution in [0.4, 0.5) is 0 Å². The van der Waals surface area contributed by atoms with Gasteiger partial charge >= 0.3 is 7.12 Å². The lowest BCUT2D eigenvalue weighted by Crippen LogP contribution is -2.41. The van der Waals surface area contributed by atoms with E-state index in [4.69, 9.17) is 14.0 Å². The largest absolute Gasteiger partial charge is 0.496 e. The Labute approximate surface area is 144 Å². The Morgan fingerprint density at radius 1 is 1.21 bits per heavy atom. The first kappa shape index (κ1) is 19.2. The molecule has 1 N–H and O–H groups in total. The fourth-order valence-electron chi connectivity index (χ4n) is 2.27. The van der Waals surface area contributed by atoms with Gasteiger partial charge in [0.25, 0.3) is 0 Å². The van der Waals surface area contributed by atoms with Crippen LogP contribution in [0, 0.1) is 0 Å². The highest BCUT2D eigenvalue weighted by Crippen LogP contribution is 2.36. The fourth-order valence-corrected chi connectivity index (χ4v) is 3.68. The smallest absolute Gasteiger partial charge is 0.480 e. The van der Waals surface area contributed by atoms with Crippen molar-refractivity contribution >= 4 is 22.6 Å². The van der Waals surface area contributed by atoms with E-state index >= 15 is 0 Å². The lowest BCUT2D eigenvalue weighted by atomic mass is 9.80. The molecule has 0 aromatic carbocycles. The van der Waals surface area contributed by atoms with Gasteiger partial charge in [0.1, 0.15) is 4.90 Å². The number of pyridine rings is 1. The number of nitrogens with zero attached hydrogens (tertiary/aromatic N) is 1. The predicted octanol–water partition coefficient (Wildman–Crippen LogP) is 1.08. The summed E-state index contributed by atoms with van der Waals surface area (Å²) in [4.78, 5) is 4.07. The van der Waals surface area contributed by atoms with Crippen LogP contribution in [0.15, 0.2) is 17.2 Å². The molecule has 2 heterocycles. The average Bonchev–Trinajstić information content (AvgIpc) is 2.65. The molecule has 1 aliphatic rings. The fraction of sp³-hybridized carbons (Fsp3) is 0.667. The topological polar surface area (TPSA) is 86.8 Å². The number of aromatic nitrogens is 1. The van der Waals surface area contributed by atoms with E-state index in [-0.39, 0.29) is 16.8 Å². The Morgan fingerprint density at radius 3 is 2.21 bits per heavy atom. The van der Waals surface area contributed by atoms with E-state index in [9.17, 15) is 8.42 Å². The monoisotopic (exact) mass is 356 g/mol. The first-order valence-electron chi connectivity index (χ1n) is 7.81. The van der Waals surface area contributed by atoms with Crippen molar-refractivity contribution in [2.45, 2.75) is 63.7 Å². The van der Waals surface area contributed by atoms with Gasteiger partial charge in [-0.2, -0.15) is 0 Å². The zero-order valence-electron chi connectivity index (χ0n) is 15.2. The molecule has 134 valence electrons. The summed E-state index contributed by atoms with van der Waals surface area (Å²) in [5, 5.41) is 0. The Kier molecular flexibility index (Phi) is 5.03. The van der Waals surface area contributed by atoms with Crippen molar-refractivity contribution in [3.63, 3.8) is 0 Å². The molecule has 24 heavy (non-hydrogen) atoms. The summed E-state index contributed by atoms with van der Waals surface area (Å²) in [5.74, 6) is 0.0309. The van der Waals surface area contributed by atoms with E-state index in [2.05, 4.69) is 9.71 Å². The van der Waals surface area contributed by atoms with E-state index in [1.165, 1.54) is 19.4 Å². The molecule has 7 nitrogen and oxygen atoms in total. The molecule has 1 aromatic rings. The van der Waals surface area contributed by atoms with E-state index < -0.39 is 28.3 Å². The SMILES string of the molecule is COc1ncc(B2OC(C)(C)C(C)(C)O2)cc1S(=O)(=O)NC(C)C.